The maximum absolute atomic E-state index is 12.4. The molecule has 8 heteroatoms. The number of carboxylic acid groups (broad SMARTS) is 1. The summed E-state index contributed by atoms with van der Waals surface area (Å²) >= 11 is 6.05. The van der Waals surface area contributed by atoms with Gasteiger partial charge in [-0.25, -0.2) is 13.2 Å². The van der Waals surface area contributed by atoms with Gasteiger partial charge in [0.1, 0.15) is 0 Å². The normalized spacial score (nSPS) is 11.6. The molecule has 112 valence electrons. The second-order valence-corrected chi connectivity index (χ2v) is 6.93. The third-order valence-corrected chi connectivity index (χ3v) is 5.15. The molecular formula is C13H13ClN2O4S. The molecule has 0 fully saturated rings. The van der Waals surface area contributed by atoms with E-state index in [0.29, 0.717) is 16.4 Å². The largest absolute Gasteiger partial charge is 0.478 e. The predicted molar refractivity (Wildman–Crippen MR) is 77.2 cm³/mol. The number of halogens is 1. The van der Waals surface area contributed by atoms with Crippen LogP contribution < -0.4 is 0 Å². The predicted octanol–water partition coefficient (Wildman–Crippen LogP) is 2.05. The second kappa shape index (κ2) is 5.50. The lowest BCUT2D eigenvalue weighted by Crippen LogP contribution is -2.10. The Balaban J connectivity index is 2.43. The van der Waals surface area contributed by atoms with Crippen LogP contribution in [-0.2, 0) is 22.6 Å². The number of hydrogen-bond donors (Lipinski definition) is 1. The molecule has 0 aliphatic heterocycles. The van der Waals surface area contributed by atoms with Crippen LogP contribution in [0.2, 0.25) is 5.02 Å². The van der Waals surface area contributed by atoms with Crippen LogP contribution in [0.25, 0.3) is 0 Å². The molecule has 2 rings (SSSR count). The number of rotatable bonds is 4. The monoisotopic (exact) mass is 328 g/mol. The minimum absolute atomic E-state index is 0.0580. The van der Waals surface area contributed by atoms with E-state index in [2.05, 4.69) is 5.10 Å². The lowest BCUT2D eigenvalue weighted by Gasteiger charge is -2.06. The third-order valence-electron chi connectivity index (χ3n) is 3.03. The fraction of sp³-hybridized carbons (Fsp3) is 0.231. The summed E-state index contributed by atoms with van der Waals surface area (Å²) in [6, 6.07) is 5.22. The van der Waals surface area contributed by atoms with Crippen LogP contribution in [-0.4, -0.2) is 29.3 Å². The summed E-state index contributed by atoms with van der Waals surface area (Å²) in [5.41, 5.74) is 0.835. The fourth-order valence-electron chi connectivity index (χ4n) is 1.92. The third kappa shape index (κ3) is 3.08. The molecule has 0 spiro atoms. The van der Waals surface area contributed by atoms with Crippen molar-refractivity contribution >= 4 is 27.4 Å². The molecule has 0 saturated heterocycles. The van der Waals surface area contributed by atoms with Gasteiger partial charge in [-0.2, -0.15) is 5.10 Å². The van der Waals surface area contributed by atoms with E-state index >= 15 is 0 Å². The molecule has 1 aromatic heterocycles. The molecule has 0 bridgehead atoms. The van der Waals surface area contributed by atoms with Gasteiger partial charge in [0.15, 0.2) is 9.84 Å². The van der Waals surface area contributed by atoms with E-state index in [1.165, 1.54) is 22.9 Å². The number of hydrogen-bond acceptors (Lipinski definition) is 4. The molecule has 0 aliphatic carbocycles. The number of aromatic nitrogens is 2. The summed E-state index contributed by atoms with van der Waals surface area (Å²) in [5.74, 6) is -1.52. The van der Waals surface area contributed by atoms with E-state index in [4.69, 9.17) is 16.7 Å². The Kier molecular flexibility index (Phi) is 4.06. The SMILES string of the molecule is Cc1nn(C)c(CS(=O)(=O)c2cccc(C(=O)O)c2)c1Cl. The molecule has 1 N–H and O–H groups in total. The Bertz CT molecular complexity index is 812. The van der Waals surface area contributed by atoms with E-state index in [-0.39, 0.29) is 16.2 Å². The number of aromatic carboxylic acids is 1. The highest BCUT2D eigenvalue weighted by Crippen LogP contribution is 2.24. The molecule has 6 nitrogen and oxygen atoms in total. The first-order valence-electron chi connectivity index (χ1n) is 5.96. The topological polar surface area (TPSA) is 89.3 Å². The van der Waals surface area contributed by atoms with Crippen LogP contribution in [0, 0.1) is 6.92 Å². The number of aryl methyl sites for hydroxylation is 2. The van der Waals surface area contributed by atoms with Crippen LogP contribution >= 0.6 is 11.6 Å². The van der Waals surface area contributed by atoms with E-state index in [1.54, 1.807) is 14.0 Å². The standard InChI is InChI=1S/C13H13ClN2O4S/c1-8-12(14)11(16(2)15-8)7-21(19,20)10-5-3-4-9(6-10)13(17)18/h3-6H,7H2,1-2H3,(H,17,18). The molecule has 0 saturated carbocycles. The number of sulfone groups is 1. The Labute approximate surface area is 126 Å². The lowest BCUT2D eigenvalue weighted by atomic mass is 10.2. The lowest BCUT2D eigenvalue weighted by molar-refractivity contribution is 0.0696. The van der Waals surface area contributed by atoms with E-state index in [0.717, 1.165) is 6.07 Å². The van der Waals surface area contributed by atoms with Gasteiger partial charge in [-0.3, -0.25) is 4.68 Å². The van der Waals surface area contributed by atoms with Crippen molar-refractivity contribution in [1.29, 1.82) is 0 Å². The van der Waals surface area contributed by atoms with E-state index in [9.17, 15) is 13.2 Å². The van der Waals surface area contributed by atoms with Gasteiger partial charge >= 0.3 is 5.97 Å². The minimum atomic E-state index is -3.71. The molecule has 0 radical (unpaired) electrons. The molecule has 21 heavy (non-hydrogen) atoms. The van der Waals surface area contributed by atoms with Crippen molar-refractivity contribution < 1.29 is 18.3 Å². The first-order chi connectivity index (χ1) is 9.72. The smallest absolute Gasteiger partial charge is 0.335 e. The van der Waals surface area contributed by atoms with E-state index in [1.807, 2.05) is 0 Å². The van der Waals surface area contributed by atoms with Gasteiger partial charge in [0, 0.05) is 7.05 Å². The molecule has 1 aromatic carbocycles. The van der Waals surface area contributed by atoms with Crippen molar-refractivity contribution in [1.82, 2.24) is 9.78 Å². The number of carboxylic acids is 1. The van der Waals surface area contributed by atoms with Crippen LogP contribution in [0.5, 0.6) is 0 Å². The molecule has 0 aliphatic rings. The zero-order chi connectivity index (χ0) is 15.8. The summed E-state index contributed by atoms with van der Waals surface area (Å²) < 4.78 is 26.2. The van der Waals surface area contributed by atoms with Gasteiger partial charge in [-0.15, -0.1) is 0 Å². The quantitative estimate of drug-likeness (QED) is 0.927. The maximum Gasteiger partial charge on any atom is 0.335 e. The van der Waals surface area contributed by atoms with Gasteiger partial charge < -0.3 is 5.11 Å². The van der Waals surface area contributed by atoms with Crippen molar-refractivity contribution in [2.75, 3.05) is 0 Å². The van der Waals surface area contributed by atoms with Crippen molar-refractivity contribution in [2.24, 2.45) is 7.05 Å². The highest BCUT2D eigenvalue weighted by Gasteiger charge is 2.22. The van der Waals surface area contributed by atoms with Crippen molar-refractivity contribution in [2.45, 2.75) is 17.6 Å². The Hall–Kier alpha value is -1.86. The van der Waals surface area contributed by atoms with Crippen molar-refractivity contribution in [3.63, 3.8) is 0 Å². The Morgan fingerprint density at radius 3 is 2.62 bits per heavy atom. The zero-order valence-corrected chi connectivity index (χ0v) is 12.9. The number of benzene rings is 1. The van der Waals surface area contributed by atoms with Crippen molar-refractivity contribution in [3.05, 3.63) is 46.2 Å². The van der Waals surface area contributed by atoms with Crippen LogP contribution in [0.4, 0.5) is 0 Å². The van der Waals surface area contributed by atoms with Crippen LogP contribution in [0.1, 0.15) is 21.7 Å². The van der Waals surface area contributed by atoms with Gasteiger partial charge in [-0.1, -0.05) is 17.7 Å². The average molecular weight is 329 g/mol. The first-order valence-corrected chi connectivity index (χ1v) is 7.99. The van der Waals surface area contributed by atoms with Gasteiger partial charge in [0.25, 0.3) is 0 Å². The molecule has 0 atom stereocenters. The van der Waals surface area contributed by atoms with Crippen LogP contribution in [0.3, 0.4) is 0 Å². The summed E-state index contributed by atoms with van der Waals surface area (Å²) in [5, 5.41) is 13.3. The van der Waals surface area contributed by atoms with Crippen LogP contribution in [0.15, 0.2) is 29.2 Å². The second-order valence-electron chi connectivity index (χ2n) is 4.56. The summed E-state index contributed by atoms with van der Waals surface area (Å²) in [6.45, 7) is 1.68. The Morgan fingerprint density at radius 1 is 1.43 bits per heavy atom. The Morgan fingerprint density at radius 2 is 2.10 bits per heavy atom. The molecule has 0 unspecified atom stereocenters. The highest BCUT2D eigenvalue weighted by molar-refractivity contribution is 7.90. The van der Waals surface area contributed by atoms with E-state index < -0.39 is 15.8 Å². The summed E-state index contributed by atoms with van der Waals surface area (Å²) in [4.78, 5) is 10.9. The van der Waals surface area contributed by atoms with Gasteiger partial charge in [0.2, 0.25) is 0 Å². The number of carbonyl (C=O) groups is 1. The minimum Gasteiger partial charge on any atom is -0.478 e. The molecule has 2 aromatic rings. The maximum atomic E-state index is 12.4. The highest BCUT2D eigenvalue weighted by atomic mass is 35.5. The number of nitrogens with zero attached hydrogens (tertiary/aromatic N) is 2. The van der Waals surface area contributed by atoms with Gasteiger partial charge in [0.05, 0.1) is 32.6 Å². The molecular weight excluding hydrogens is 316 g/mol. The zero-order valence-electron chi connectivity index (χ0n) is 11.4. The summed E-state index contributed by atoms with van der Waals surface area (Å²) in [7, 11) is -2.10. The fourth-order valence-corrected chi connectivity index (χ4v) is 3.68. The first kappa shape index (κ1) is 15.5. The molecule has 1 heterocycles. The van der Waals surface area contributed by atoms with Gasteiger partial charge in [-0.05, 0) is 25.1 Å². The average Bonchev–Trinajstić information content (AvgIpc) is 2.65. The summed E-state index contributed by atoms with van der Waals surface area (Å²) in [6.07, 6.45) is 0. The molecule has 0 amide bonds. The van der Waals surface area contributed by atoms with Crippen molar-refractivity contribution in [3.8, 4) is 0 Å².